The molecule has 0 radical (unpaired) electrons. The minimum absolute atomic E-state index is 0.0293. The van der Waals surface area contributed by atoms with Crippen LogP contribution in [0.4, 0.5) is 4.39 Å². The van der Waals surface area contributed by atoms with Crippen LogP contribution >= 0.6 is 0 Å². The smallest absolute Gasteiger partial charge is 0.123 e. The zero-order valence-corrected chi connectivity index (χ0v) is 11.4. The topological polar surface area (TPSA) is 29.3 Å². The second kappa shape index (κ2) is 5.37. The number of hydrogen-bond donors (Lipinski definition) is 1. The number of hydrogen-bond acceptors (Lipinski definition) is 2. The predicted molar refractivity (Wildman–Crippen MR) is 72.7 cm³/mol. The molecule has 3 heteroatoms. The lowest BCUT2D eigenvalue weighted by atomic mass is 9.97. The Kier molecular flexibility index (Phi) is 4.03. The number of likely N-dealkylation sites (N-methyl/N-ethyl adjacent to an activating group) is 1. The highest BCUT2D eigenvalue weighted by molar-refractivity contribution is 5.21. The zero-order valence-electron chi connectivity index (χ0n) is 11.4. The third-order valence-electron chi connectivity index (χ3n) is 4.09. The van der Waals surface area contributed by atoms with Crippen molar-refractivity contribution >= 4 is 0 Å². The van der Waals surface area contributed by atoms with E-state index in [1.54, 1.807) is 0 Å². The molecule has 3 unspecified atom stereocenters. The van der Waals surface area contributed by atoms with Crippen LogP contribution in [0, 0.1) is 11.7 Å². The Labute approximate surface area is 109 Å². The Bertz CT molecular complexity index is 384. The lowest BCUT2D eigenvalue weighted by Gasteiger charge is -2.36. The number of nitrogens with two attached hydrogens (primary N) is 1. The summed E-state index contributed by atoms with van der Waals surface area (Å²) < 4.78 is 13.0. The van der Waals surface area contributed by atoms with E-state index in [0.717, 1.165) is 11.5 Å². The number of rotatable bonds is 5. The summed E-state index contributed by atoms with van der Waals surface area (Å²) in [6.45, 7) is 4.28. The lowest BCUT2D eigenvalue weighted by Crippen LogP contribution is -2.42. The van der Waals surface area contributed by atoms with Crippen LogP contribution in [0.15, 0.2) is 24.3 Å². The molecule has 1 saturated carbocycles. The minimum Gasteiger partial charge on any atom is -0.326 e. The summed E-state index contributed by atoms with van der Waals surface area (Å²) in [7, 11) is 2.13. The Morgan fingerprint density at radius 2 is 1.78 bits per heavy atom. The van der Waals surface area contributed by atoms with Crippen molar-refractivity contribution in [1.29, 1.82) is 0 Å². The van der Waals surface area contributed by atoms with Crippen molar-refractivity contribution in [1.82, 2.24) is 4.90 Å². The third-order valence-corrected chi connectivity index (χ3v) is 4.09. The molecular weight excluding hydrogens is 227 g/mol. The van der Waals surface area contributed by atoms with Gasteiger partial charge in [-0.1, -0.05) is 12.1 Å². The molecule has 0 heterocycles. The highest BCUT2D eigenvalue weighted by Crippen LogP contribution is 2.38. The molecule has 0 saturated heterocycles. The molecule has 1 aromatic carbocycles. The first kappa shape index (κ1) is 13.5. The van der Waals surface area contributed by atoms with Crippen molar-refractivity contribution in [2.45, 2.75) is 44.8 Å². The number of nitrogens with zero attached hydrogens (tertiary/aromatic N) is 1. The summed E-state index contributed by atoms with van der Waals surface area (Å²) in [5.74, 6) is 0.608. The van der Waals surface area contributed by atoms with Crippen molar-refractivity contribution in [3.8, 4) is 0 Å². The van der Waals surface area contributed by atoms with Crippen molar-refractivity contribution in [2.75, 3.05) is 7.05 Å². The molecule has 1 aliphatic rings. The minimum atomic E-state index is -0.194. The first-order chi connectivity index (χ1) is 8.50. The van der Waals surface area contributed by atoms with E-state index in [2.05, 4.69) is 18.9 Å². The maximum absolute atomic E-state index is 13.0. The highest BCUT2D eigenvalue weighted by Gasteiger charge is 2.34. The van der Waals surface area contributed by atoms with Crippen molar-refractivity contribution in [3.63, 3.8) is 0 Å². The Morgan fingerprint density at radius 1 is 1.22 bits per heavy atom. The molecule has 1 fully saturated rings. The lowest BCUT2D eigenvalue weighted by molar-refractivity contribution is 0.149. The Balaban J connectivity index is 2.18. The van der Waals surface area contributed by atoms with Crippen LogP contribution in [-0.2, 0) is 0 Å². The summed E-state index contributed by atoms with van der Waals surface area (Å²) in [5, 5.41) is 0. The van der Waals surface area contributed by atoms with E-state index in [9.17, 15) is 4.39 Å². The number of halogens is 1. The molecule has 0 aliphatic heterocycles. The summed E-state index contributed by atoms with van der Waals surface area (Å²) in [6.07, 6.45) is 2.64. The molecular formula is C15H23FN2. The van der Waals surface area contributed by atoms with Crippen LogP contribution in [0.5, 0.6) is 0 Å². The number of benzene rings is 1. The van der Waals surface area contributed by atoms with Crippen molar-refractivity contribution < 1.29 is 4.39 Å². The van der Waals surface area contributed by atoms with E-state index in [1.165, 1.54) is 25.0 Å². The van der Waals surface area contributed by atoms with Gasteiger partial charge >= 0.3 is 0 Å². The Hall–Kier alpha value is -0.930. The van der Waals surface area contributed by atoms with E-state index in [4.69, 9.17) is 5.73 Å². The molecule has 18 heavy (non-hydrogen) atoms. The molecule has 0 bridgehead atoms. The van der Waals surface area contributed by atoms with Gasteiger partial charge in [-0.2, -0.15) is 0 Å². The van der Waals surface area contributed by atoms with E-state index in [0.29, 0.717) is 6.04 Å². The third kappa shape index (κ3) is 2.90. The van der Waals surface area contributed by atoms with Crippen LogP contribution in [0.1, 0.15) is 38.3 Å². The molecule has 2 N–H and O–H groups in total. The molecule has 1 aromatic rings. The van der Waals surface area contributed by atoms with Gasteiger partial charge in [0, 0.05) is 18.1 Å². The maximum Gasteiger partial charge on any atom is 0.123 e. The van der Waals surface area contributed by atoms with Gasteiger partial charge in [0.15, 0.2) is 0 Å². The van der Waals surface area contributed by atoms with Gasteiger partial charge in [-0.05, 0) is 57.4 Å². The van der Waals surface area contributed by atoms with Crippen LogP contribution in [0.2, 0.25) is 0 Å². The van der Waals surface area contributed by atoms with E-state index in [-0.39, 0.29) is 17.9 Å². The standard InChI is InChI=1S/C15H23FN2/c1-10(17)15(13-6-8-14(16)9-7-13)18(3)11(2)12-4-5-12/h6-12,15H,4-5,17H2,1-3H3. The van der Waals surface area contributed by atoms with Gasteiger partial charge < -0.3 is 5.73 Å². The van der Waals surface area contributed by atoms with Crippen molar-refractivity contribution in [2.24, 2.45) is 11.7 Å². The van der Waals surface area contributed by atoms with Crippen LogP contribution in [0.25, 0.3) is 0 Å². The quantitative estimate of drug-likeness (QED) is 0.870. The largest absolute Gasteiger partial charge is 0.326 e. The van der Waals surface area contributed by atoms with E-state index >= 15 is 0 Å². The monoisotopic (exact) mass is 250 g/mol. The first-order valence-corrected chi connectivity index (χ1v) is 6.73. The zero-order chi connectivity index (χ0) is 13.3. The SMILES string of the molecule is CC(N)C(c1ccc(F)cc1)N(C)C(C)C1CC1. The van der Waals surface area contributed by atoms with Crippen LogP contribution < -0.4 is 5.73 Å². The summed E-state index contributed by atoms with van der Waals surface area (Å²) in [6, 6.07) is 7.44. The normalized spacial score (nSPS) is 20.8. The summed E-state index contributed by atoms with van der Waals surface area (Å²) in [5.41, 5.74) is 7.23. The van der Waals surface area contributed by atoms with Crippen molar-refractivity contribution in [3.05, 3.63) is 35.6 Å². The highest BCUT2D eigenvalue weighted by atomic mass is 19.1. The van der Waals surface area contributed by atoms with Crippen LogP contribution in [-0.4, -0.2) is 24.0 Å². The molecule has 2 rings (SSSR count). The maximum atomic E-state index is 13.0. The predicted octanol–water partition coefficient (Wildman–Crippen LogP) is 2.94. The van der Waals surface area contributed by atoms with Gasteiger partial charge in [-0.25, -0.2) is 4.39 Å². The van der Waals surface area contributed by atoms with E-state index in [1.807, 2.05) is 19.1 Å². The molecule has 100 valence electrons. The van der Waals surface area contributed by atoms with Gasteiger partial charge in [0.2, 0.25) is 0 Å². The molecule has 3 atom stereocenters. The average molecular weight is 250 g/mol. The first-order valence-electron chi connectivity index (χ1n) is 6.73. The van der Waals surface area contributed by atoms with Gasteiger partial charge in [0.1, 0.15) is 5.82 Å². The molecule has 0 aromatic heterocycles. The summed E-state index contributed by atoms with van der Waals surface area (Å²) >= 11 is 0. The van der Waals surface area contributed by atoms with Crippen LogP contribution in [0.3, 0.4) is 0 Å². The fourth-order valence-corrected chi connectivity index (χ4v) is 2.73. The second-order valence-corrected chi connectivity index (χ2v) is 5.60. The average Bonchev–Trinajstić information content (AvgIpc) is 3.14. The second-order valence-electron chi connectivity index (χ2n) is 5.60. The molecule has 1 aliphatic carbocycles. The Morgan fingerprint density at radius 3 is 2.22 bits per heavy atom. The van der Waals surface area contributed by atoms with Gasteiger partial charge in [0.25, 0.3) is 0 Å². The molecule has 2 nitrogen and oxygen atoms in total. The van der Waals surface area contributed by atoms with Gasteiger partial charge in [-0.3, -0.25) is 4.90 Å². The molecule has 0 amide bonds. The fourth-order valence-electron chi connectivity index (χ4n) is 2.73. The van der Waals surface area contributed by atoms with E-state index < -0.39 is 0 Å². The molecule has 0 spiro atoms. The fraction of sp³-hybridized carbons (Fsp3) is 0.600. The van der Waals surface area contributed by atoms with Gasteiger partial charge in [-0.15, -0.1) is 0 Å². The van der Waals surface area contributed by atoms with Gasteiger partial charge in [0.05, 0.1) is 0 Å². The summed E-state index contributed by atoms with van der Waals surface area (Å²) in [4.78, 5) is 2.34.